The minimum Gasteiger partial charge on any atom is -0.455 e. The number of esters is 1. The summed E-state index contributed by atoms with van der Waals surface area (Å²) in [7, 11) is 0. The van der Waals surface area contributed by atoms with Crippen LogP contribution in [0.1, 0.15) is 24.8 Å². The van der Waals surface area contributed by atoms with E-state index in [4.69, 9.17) is 9.15 Å². The van der Waals surface area contributed by atoms with Crippen molar-refractivity contribution in [3.63, 3.8) is 0 Å². The highest BCUT2D eigenvalue weighted by atomic mass is 16.5. The van der Waals surface area contributed by atoms with Crippen LogP contribution in [-0.2, 0) is 27.4 Å². The maximum atomic E-state index is 12.4. The Balaban J connectivity index is 1.34. The molecule has 1 fully saturated rings. The molecule has 1 saturated heterocycles. The molecule has 1 unspecified atom stereocenters. The van der Waals surface area contributed by atoms with Crippen molar-refractivity contribution in [2.24, 2.45) is 5.92 Å². The Labute approximate surface area is 169 Å². The summed E-state index contributed by atoms with van der Waals surface area (Å²) in [6.45, 7) is 2.35. The van der Waals surface area contributed by atoms with Crippen LogP contribution in [0.15, 0.2) is 65.2 Å². The lowest BCUT2D eigenvalue weighted by Gasteiger charge is -2.16. The number of anilines is 1. The van der Waals surface area contributed by atoms with E-state index in [1.807, 2.05) is 54.6 Å². The van der Waals surface area contributed by atoms with Crippen molar-refractivity contribution in [2.75, 3.05) is 11.4 Å². The third-order valence-corrected chi connectivity index (χ3v) is 5.06. The van der Waals surface area contributed by atoms with Crippen molar-refractivity contribution < 1.29 is 18.7 Å². The third-order valence-electron chi connectivity index (χ3n) is 5.06. The van der Waals surface area contributed by atoms with Gasteiger partial charge in [0.15, 0.2) is 12.4 Å². The lowest BCUT2D eigenvalue weighted by Crippen LogP contribution is -2.26. The predicted octanol–water partition coefficient (Wildman–Crippen LogP) is 4.00. The minimum absolute atomic E-state index is 0.0540. The first-order valence-corrected chi connectivity index (χ1v) is 9.70. The van der Waals surface area contributed by atoms with Crippen LogP contribution in [-0.4, -0.2) is 23.4 Å². The zero-order valence-corrected chi connectivity index (χ0v) is 16.2. The molecular weight excluding hydrogens is 368 g/mol. The first kappa shape index (κ1) is 18.9. The van der Waals surface area contributed by atoms with E-state index in [0.29, 0.717) is 18.2 Å². The number of hydrogen-bond acceptors (Lipinski definition) is 5. The number of oxazole rings is 1. The summed E-state index contributed by atoms with van der Waals surface area (Å²) in [5.41, 5.74) is 2.92. The van der Waals surface area contributed by atoms with Gasteiger partial charge in [0.05, 0.1) is 12.1 Å². The van der Waals surface area contributed by atoms with Crippen LogP contribution >= 0.6 is 0 Å². The highest BCUT2D eigenvalue weighted by Gasteiger charge is 2.36. The number of aromatic nitrogens is 1. The molecule has 0 radical (unpaired) electrons. The van der Waals surface area contributed by atoms with E-state index in [-0.39, 0.29) is 18.9 Å². The molecule has 1 aliphatic heterocycles. The SMILES string of the molecule is CCc1ccc(N2CC(C(=O)OCc3ncc(-c4ccccc4)o3)CC2=O)cc1. The average molecular weight is 390 g/mol. The lowest BCUT2D eigenvalue weighted by molar-refractivity contribution is -0.150. The smallest absolute Gasteiger partial charge is 0.311 e. The maximum absolute atomic E-state index is 12.4. The minimum atomic E-state index is -0.489. The number of nitrogens with zero attached hydrogens (tertiary/aromatic N) is 2. The Morgan fingerprint density at radius 1 is 1.17 bits per heavy atom. The zero-order valence-electron chi connectivity index (χ0n) is 16.2. The highest BCUT2D eigenvalue weighted by molar-refractivity contribution is 5.99. The summed E-state index contributed by atoms with van der Waals surface area (Å²) in [6.07, 6.45) is 2.70. The molecule has 1 amide bonds. The predicted molar refractivity (Wildman–Crippen MR) is 108 cm³/mol. The van der Waals surface area contributed by atoms with Gasteiger partial charge < -0.3 is 14.1 Å². The largest absolute Gasteiger partial charge is 0.455 e. The number of carbonyl (C=O) groups excluding carboxylic acids is 2. The molecule has 1 atom stereocenters. The molecule has 2 aromatic carbocycles. The Morgan fingerprint density at radius 2 is 1.93 bits per heavy atom. The van der Waals surface area contributed by atoms with Crippen LogP contribution in [0.25, 0.3) is 11.3 Å². The molecule has 2 heterocycles. The molecule has 0 saturated carbocycles. The number of ether oxygens (including phenoxy) is 1. The Bertz CT molecular complexity index is 995. The van der Waals surface area contributed by atoms with E-state index in [9.17, 15) is 9.59 Å². The summed E-state index contributed by atoms with van der Waals surface area (Å²) < 4.78 is 11.0. The Kier molecular flexibility index (Phi) is 5.42. The van der Waals surface area contributed by atoms with Crippen LogP contribution in [0, 0.1) is 5.92 Å². The fraction of sp³-hybridized carbons (Fsp3) is 0.261. The summed E-state index contributed by atoms with van der Waals surface area (Å²) in [5, 5.41) is 0. The van der Waals surface area contributed by atoms with Crippen LogP contribution < -0.4 is 4.90 Å². The van der Waals surface area contributed by atoms with Crippen LogP contribution in [0.2, 0.25) is 0 Å². The summed E-state index contributed by atoms with van der Waals surface area (Å²) in [5.74, 6) is -0.0241. The van der Waals surface area contributed by atoms with E-state index in [0.717, 1.165) is 17.7 Å². The first-order chi connectivity index (χ1) is 14.1. The third kappa shape index (κ3) is 4.21. The van der Waals surface area contributed by atoms with Crippen molar-refractivity contribution in [3.8, 4) is 11.3 Å². The number of amides is 1. The summed E-state index contributed by atoms with van der Waals surface area (Å²) in [6, 6.07) is 17.4. The Morgan fingerprint density at radius 3 is 2.66 bits per heavy atom. The number of aryl methyl sites for hydroxylation is 1. The van der Waals surface area contributed by atoms with Crippen molar-refractivity contribution in [1.29, 1.82) is 0 Å². The fourth-order valence-electron chi connectivity index (χ4n) is 3.39. The molecule has 1 aromatic heterocycles. The number of hydrogen-bond donors (Lipinski definition) is 0. The maximum Gasteiger partial charge on any atom is 0.311 e. The molecule has 0 bridgehead atoms. The van der Waals surface area contributed by atoms with Gasteiger partial charge in [-0.1, -0.05) is 49.4 Å². The van der Waals surface area contributed by atoms with E-state index < -0.39 is 11.9 Å². The highest BCUT2D eigenvalue weighted by Crippen LogP contribution is 2.27. The van der Waals surface area contributed by atoms with E-state index in [1.54, 1.807) is 11.1 Å². The van der Waals surface area contributed by atoms with Gasteiger partial charge in [-0.25, -0.2) is 4.98 Å². The second-order valence-corrected chi connectivity index (χ2v) is 7.02. The van der Waals surface area contributed by atoms with Gasteiger partial charge in [-0.2, -0.15) is 0 Å². The van der Waals surface area contributed by atoms with Crippen LogP contribution in [0.5, 0.6) is 0 Å². The lowest BCUT2D eigenvalue weighted by atomic mass is 10.1. The van der Waals surface area contributed by atoms with Gasteiger partial charge >= 0.3 is 5.97 Å². The summed E-state index contributed by atoms with van der Waals surface area (Å²) in [4.78, 5) is 30.6. The quantitative estimate of drug-likeness (QED) is 0.595. The zero-order chi connectivity index (χ0) is 20.2. The van der Waals surface area contributed by atoms with Gasteiger partial charge in [0.2, 0.25) is 11.8 Å². The molecule has 0 aliphatic carbocycles. The molecule has 6 heteroatoms. The standard InChI is InChI=1S/C23H22N2O4/c1-2-16-8-10-19(11-9-16)25-14-18(12-22(25)26)23(27)28-15-21-24-13-20(29-21)17-6-4-3-5-7-17/h3-11,13,18H,2,12,14-15H2,1H3. The molecule has 29 heavy (non-hydrogen) atoms. The molecular formula is C23H22N2O4. The van der Waals surface area contributed by atoms with E-state index >= 15 is 0 Å². The number of rotatable bonds is 6. The average Bonchev–Trinajstić information content (AvgIpc) is 3.40. The molecule has 1 aliphatic rings. The fourth-order valence-corrected chi connectivity index (χ4v) is 3.39. The van der Waals surface area contributed by atoms with Crippen molar-refractivity contribution >= 4 is 17.6 Å². The van der Waals surface area contributed by atoms with Gasteiger partial charge in [0, 0.05) is 24.2 Å². The molecule has 0 spiro atoms. The van der Waals surface area contributed by atoms with Gasteiger partial charge in [0.25, 0.3) is 0 Å². The van der Waals surface area contributed by atoms with Crippen molar-refractivity contribution in [3.05, 3.63) is 72.2 Å². The molecule has 0 N–H and O–H groups in total. The number of benzene rings is 2. The van der Waals surface area contributed by atoms with Crippen LogP contribution in [0.4, 0.5) is 5.69 Å². The molecule has 148 valence electrons. The van der Waals surface area contributed by atoms with Gasteiger partial charge in [-0.05, 0) is 24.1 Å². The van der Waals surface area contributed by atoms with Crippen molar-refractivity contribution in [2.45, 2.75) is 26.4 Å². The van der Waals surface area contributed by atoms with Gasteiger partial charge in [-0.3, -0.25) is 9.59 Å². The molecule has 4 rings (SSSR count). The van der Waals surface area contributed by atoms with Gasteiger partial charge in [-0.15, -0.1) is 0 Å². The summed E-state index contributed by atoms with van der Waals surface area (Å²) >= 11 is 0. The van der Waals surface area contributed by atoms with Crippen molar-refractivity contribution in [1.82, 2.24) is 4.98 Å². The molecule has 3 aromatic rings. The topological polar surface area (TPSA) is 72.6 Å². The first-order valence-electron chi connectivity index (χ1n) is 9.70. The number of carbonyl (C=O) groups is 2. The van der Waals surface area contributed by atoms with E-state index in [1.165, 1.54) is 5.56 Å². The van der Waals surface area contributed by atoms with Gasteiger partial charge in [0.1, 0.15) is 0 Å². The molecule has 6 nitrogen and oxygen atoms in total. The van der Waals surface area contributed by atoms with Crippen LogP contribution in [0.3, 0.4) is 0 Å². The Hall–Kier alpha value is -3.41. The second kappa shape index (κ2) is 8.31. The normalized spacial score (nSPS) is 16.2. The monoisotopic (exact) mass is 390 g/mol. The van der Waals surface area contributed by atoms with E-state index in [2.05, 4.69) is 11.9 Å². The second-order valence-electron chi connectivity index (χ2n) is 7.02.